The van der Waals surface area contributed by atoms with Gasteiger partial charge in [0.2, 0.25) is 0 Å². The van der Waals surface area contributed by atoms with E-state index in [2.05, 4.69) is 0 Å². The molecular weight excluding hydrogens is 264 g/mol. The highest BCUT2D eigenvalue weighted by molar-refractivity contribution is 7.88. The molecule has 0 saturated heterocycles. The highest BCUT2D eigenvalue weighted by Crippen LogP contribution is 2.17. The minimum atomic E-state index is -1.23. The molecule has 1 unspecified atom stereocenters. The van der Waals surface area contributed by atoms with Crippen molar-refractivity contribution in [2.24, 2.45) is 0 Å². The zero-order chi connectivity index (χ0) is 13.1. The van der Waals surface area contributed by atoms with E-state index in [-0.39, 0.29) is 11.5 Å². The number of benzene rings is 1. The molecule has 1 heterocycles. The van der Waals surface area contributed by atoms with Crippen LogP contribution in [0.3, 0.4) is 0 Å². The van der Waals surface area contributed by atoms with E-state index in [1.165, 1.54) is 11.3 Å². The van der Waals surface area contributed by atoms with Crippen LogP contribution >= 0.6 is 11.3 Å². The highest BCUT2D eigenvalue weighted by Gasteiger charge is 2.14. The molecular formula is C14H14O2S2. The summed E-state index contributed by atoms with van der Waals surface area (Å²) in [6.45, 7) is 3.85. The van der Waals surface area contributed by atoms with Crippen molar-refractivity contribution in [1.82, 2.24) is 0 Å². The summed E-state index contributed by atoms with van der Waals surface area (Å²) in [5.41, 5.74) is 2.67. The monoisotopic (exact) mass is 278 g/mol. The van der Waals surface area contributed by atoms with Crippen molar-refractivity contribution in [3.63, 3.8) is 0 Å². The Morgan fingerprint density at radius 1 is 1.28 bits per heavy atom. The van der Waals surface area contributed by atoms with Gasteiger partial charge in [-0.3, -0.25) is 9.00 Å². The Labute approximate surface area is 113 Å². The Balaban J connectivity index is 2.17. The molecule has 2 nitrogen and oxygen atoms in total. The van der Waals surface area contributed by atoms with Crippen LogP contribution in [0.5, 0.6) is 0 Å². The van der Waals surface area contributed by atoms with Crippen molar-refractivity contribution in [1.29, 1.82) is 0 Å². The smallest absolute Gasteiger partial charge is 0.175 e. The average Bonchev–Trinajstić information content (AvgIpc) is 2.85. The quantitative estimate of drug-likeness (QED) is 0.804. The van der Waals surface area contributed by atoms with Crippen LogP contribution in [0.25, 0.3) is 0 Å². The third kappa shape index (κ3) is 2.94. The second kappa shape index (κ2) is 5.59. The van der Waals surface area contributed by atoms with Crippen molar-refractivity contribution in [2.75, 3.05) is 5.75 Å². The summed E-state index contributed by atoms with van der Waals surface area (Å²) in [6.07, 6.45) is 0. The molecule has 0 spiro atoms. The maximum Gasteiger partial charge on any atom is 0.175 e. The lowest BCUT2D eigenvalue weighted by molar-refractivity contribution is 0.102. The highest BCUT2D eigenvalue weighted by atomic mass is 32.2. The van der Waals surface area contributed by atoms with Gasteiger partial charge in [-0.1, -0.05) is 23.8 Å². The molecule has 0 aliphatic carbocycles. The van der Waals surface area contributed by atoms with Crippen LogP contribution < -0.4 is 0 Å². The molecule has 1 aromatic carbocycles. The number of ketones is 1. The lowest BCUT2D eigenvalue weighted by Crippen LogP contribution is -2.12. The van der Waals surface area contributed by atoms with Gasteiger partial charge in [-0.2, -0.15) is 0 Å². The van der Waals surface area contributed by atoms with Crippen LogP contribution in [0.4, 0.5) is 0 Å². The van der Waals surface area contributed by atoms with Gasteiger partial charge in [-0.25, -0.2) is 0 Å². The van der Waals surface area contributed by atoms with Crippen LogP contribution in [0.2, 0.25) is 0 Å². The van der Waals surface area contributed by atoms with Gasteiger partial charge >= 0.3 is 0 Å². The van der Waals surface area contributed by atoms with Crippen molar-refractivity contribution in [3.8, 4) is 0 Å². The number of hydrogen-bond donors (Lipinski definition) is 0. The fourth-order valence-corrected chi connectivity index (χ4v) is 3.68. The van der Waals surface area contributed by atoms with Crippen LogP contribution in [0.15, 0.2) is 39.9 Å². The molecule has 1 aromatic heterocycles. The van der Waals surface area contributed by atoms with Gasteiger partial charge in [0.1, 0.15) is 0 Å². The van der Waals surface area contributed by atoms with E-state index in [9.17, 15) is 9.00 Å². The molecule has 0 aliphatic rings. The molecule has 18 heavy (non-hydrogen) atoms. The number of aryl methyl sites for hydroxylation is 2. The first-order valence-corrected chi connectivity index (χ1v) is 7.80. The number of rotatable bonds is 4. The number of hydrogen-bond acceptors (Lipinski definition) is 3. The largest absolute Gasteiger partial charge is 0.293 e. The first-order valence-electron chi connectivity index (χ1n) is 5.60. The van der Waals surface area contributed by atoms with Gasteiger partial charge in [0.25, 0.3) is 0 Å². The Bertz CT molecular complexity index is 586. The van der Waals surface area contributed by atoms with Gasteiger partial charge in [0.05, 0.1) is 20.8 Å². The molecule has 0 radical (unpaired) electrons. The summed E-state index contributed by atoms with van der Waals surface area (Å²) < 4.78 is 12.7. The molecule has 2 rings (SSSR count). The molecule has 0 fully saturated rings. The Kier molecular flexibility index (Phi) is 4.09. The van der Waals surface area contributed by atoms with Gasteiger partial charge in [-0.15, -0.1) is 11.3 Å². The molecule has 2 aromatic rings. The Morgan fingerprint density at radius 3 is 2.72 bits per heavy atom. The van der Waals surface area contributed by atoms with E-state index in [4.69, 9.17) is 0 Å². The molecule has 0 saturated carbocycles. The van der Waals surface area contributed by atoms with Crippen LogP contribution in [-0.2, 0) is 10.8 Å². The van der Waals surface area contributed by atoms with Crippen LogP contribution in [0.1, 0.15) is 21.5 Å². The van der Waals surface area contributed by atoms with Crippen molar-refractivity contribution in [2.45, 2.75) is 18.1 Å². The maximum absolute atomic E-state index is 12.1. The zero-order valence-electron chi connectivity index (χ0n) is 10.3. The van der Waals surface area contributed by atoms with E-state index in [1.54, 1.807) is 6.07 Å². The molecule has 0 bridgehead atoms. The van der Waals surface area contributed by atoms with E-state index in [0.717, 1.165) is 15.3 Å². The second-order valence-electron chi connectivity index (χ2n) is 4.16. The van der Waals surface area contributed by atoms with E-state index in [0.29, 0.717) is 5.56 Å². The van der Waals surface area contributed by atoms with Crippen molar-refractivity contribution in [3.05, 3.63) is 52.4 Å². The summed E-state index contributed by atoms with van der Waals surface area (Å²) in [5, 5.41) is 1.87. The summed E-state index contributed by atoms with van der Waals surface area (Å²) in [7, 11) is -1.23. The van der Waals surface area contributed by atoms with Crippen molar-refractivity contribution < 1.29 is 9.00 Å². The molecule has 0 N–H and O–H groups in total. The van der Waals surface area contributed by atoms with Crippen LogP contribution in [0, 0.1) is 13.8 Å². The number of thiophene rings is 1. The van der Waals surface area contributed by atoms with E-state index < -0.39 is 10.8 Å². The fourth-order valence-electron chi connectivity index (χ4n) is 1.70. The first kappa shape index (κ1) is 13.2. The Hall–Kier alpha value is -1.26. The third-order valence-electron chi connectivity index (χ3n) is 2.68. The normalized spacial score (nSPS) is 12.3. The predicted molar refractivity (Wildman–Crippen MR) is 75.8 cm³/mol. The molecule has 4 heteroatoms. The van der Waals surface area contributed by atoms with Crippen LogP contribution in [-0.4, -0.2) is 15.7 Å². The number of carbonyl (C=O) groups is 1. The van der Waals surface area contributed by atoms with E-state index >= 15 is 0 Å². The summed E-state index contributed by atoms with van der Waals surface area (Å²) in [5.74, 6) is 0.00748. The SMILES string of the molecule is Cc1ccc(C)c(C(=O)CS(=O)c2cccs2)c1. The van der Waals surface area contributed by atoms with Gasteiger partial charge in [0.15, 0.2) is 5.78 Å². The summed E-state index contributed by atoms with van der Waals surface area (Å²) >= 11 is 1.42. The maximum atomic E-state index is 12.1. The third-order valence-corrected chi connectivity index (χ3v) is 5.29. The molecule has 94 valence electrons. The topological polar surface area (TPSA) is 34.1 Å². The minimum absolute atomic E-state index is 0.0528. The summed E-state index contributed by atoms with van der Waals surface area (Å²) in [4.78, 5) is 12.1. The molecule has 1 atom stereocenters. The van der Waals surface area contributed by atoms with Gasteiger partial charge < -0.3 is 0 Å². The summed E-state index contributed by atoms with van der Waals surface area (Å²) in [6, 6.07) is 9.42. The van der Waals surface area contributed by atoms with E-state index in [1.807, 2.05) is 43.5 Å². The fraction of sp³-hybridized carbons (Fsp3) is 0.214. The Morgan fingerprint density at radius 2 is 2.06 bits per heavy atom. The minimum Gasteiger partial charge on any atom is -0.293 e. The first-order chi connectivity index (χ1) is 8.58. The van der Waals surface area contributed by atoms with Gasteiger partial charge in [-0.05, 0) is 36.9 Å². The molecule has 0 amide bonds. The van der Waals surface area contributed by atoms with Crippen molar-refractivity contribution >= 4 is 27.9 Å². The zero-order valence-corrected chi connectivity index (χ0v) is 11.9. The number of carbonyl (C=O) groups excluding carboxylic acids is 1. The van der Waals surface area contributed by atoms with Gasteiger partial charge in [0, 0.05) is 5.56 Å². The second-order valence-corrected chi connectivity index (χ2v) is 6.79. The lowest BCUT2D eigenvalue weighted by Gasteiger charge is -2.05. The lowest BCUT2D eigenvalue weighted by atomic mass is 10.0. The molecule has 0 aliphatic heterocycles. The number of Topliss-reactive ketones (excluding diaryl/α,β-unsaturated/α-hetero) is 1. The standard InChI is InChI=1S/C14H14O2S2/c1-10-5-6-11(2)12(8-10)13(15)9-18(16)14-4-3-7-17-14/h3-8H,9H2,1-2H3. The average molecular weight is 278 g/mol. The predicted octanol–water partition coefficient (Wildman–Crippen LogP) is 3.36.